The lowest BCUT2D eigenvalue weighted by molar-refractivity contribution is 0.553. The monoisotopic (exact) mass is 254 g/mol. The summed E-state index contributed by atoms with van der Waals surface area (Å²) in [5.41, 5.74) is 8.88. The standard InChI is InChI=1S/C15H18N4/c1-2-3-4-7-19-11-14(10-18-19)12-5-6-13(9-16)15(17)8-12/h5-6,8,10-11H,2-4,7,17H2,1H3. The van der Waals surface area contributed by atoms with Crippen LogP contribution in [0.2, 0.25) is 0 Å². The summed E-state index contributed by atoms with van der Waals surface area (Å²) >= 11 is 0. The van der Waals surface area contributed by atoms with E-state index in [2.05, 4.69) is 18.1 Å². The number of aromatic nitrogens is 2. The van der Waals surface area contributed by atoms with Gasteiger partial charge in [-0.25, -0.2) is 0 Å². The third-order valence-electron chi connectivity index (χ3n) is 3.13. The van der Waals surface area contributed by atoms with Gasteiger partial charge >= 0.3 is 0 Å². The van der Waals surface area contributed by atoms with Crippen molar-refractivity contribution in [2.24, 2.45) is 0 Å². The summed E-state index contributed by atoms with van der Waals surface area (Å²) in [7, 11) is 0. The van der Waals surface area contributed by atoms with Crippen LogP contribution in [0.1, 0.15) is 31.7 Å². The molecule has 98 valence electrons. The Morgan fingerprint density at radius 1 is 1.32 bits per heavy atom. The average molecular weight is 254 g/mol. The number of nitrogens with zero attached hydrogens (tertiary/aromatic N) is 3. The molecule has 0 amide bonds. The Balaban J connectivity index is 2.14. The van der Waals surface area contributed by atoms with Crippen LogP contribution in [0.25, 0.3) is 11.1 Å². The molecule has 0 aliphatic heterocycles. The molecular weight excluding hydrogens is 236 g/mol. The molecule has 19 heavy (non-hydrogen) atoms. The van der Waals surface area contributed by atoms with Crippen LogP contribution < -0.4 is 5.73 Å². The Kier molecular flexibility index (Phi) is 4.19. The molecule has 0 fully saturated rings. The molecule has 0 aliphatic rings. The number of hydrogen-bond donors (Lipinski definition) is 1. The molecule has 4 heteroatoms. The lowest BCUT2D eigenvalue weighted by Crippen LogP contribution is -1.97. The van der Waals surface area contributed by atoms with Gasteiger partial charge < -0.3 is 5.73 Å². The number of nitriles is 1. The van der Waals surface area contributed by atoms with Crippen LogP contribution in [0.4, 0.5) is 5.69 Å². The molecule has 4 nitrogen and oxygen atoms in total. The van der Waals surface area contributed by atoms with Crippen molar-refractivity contribution in [3.05, 3.63) is 36.2 Å². The van der Waals surface area contributed by atoms with Crippen molar-refractivity contribution in [2.45, 2.75) is 32.7 Å². The van der Waals surface area contributed by atoms with Gasteiger partial charge in [0.25, 0.3) is 0 Å². The molecule has 0 unspecified atom stereocenters. The highest BCUT2D eigenvalue weighted by atomic mass is 15.3. The minimum absolute atomic E-state index is 0.513. The number of aryl methyl sites for hydroxylation is 1. The van der Waals surface area contributed by atoms with E-state index in [-0.39, 0.29) is 0 Å². The molecule has 2 N–H and O–H groups in total. The highest BCUT2D eigenvalue weighted by Crippen LogP contribution is 2.23. The smallest absolute Gasteiger partial charge is 0.101 e. The molecule has 1 aromatic carbocycles. The highest BCUT2D eigenvalue weighted by molar-refractivity contribution is 5.69. The summed E-state index contributed by atoms with van der Waals surface area (Å²) in [5.74, 6) is 0. The molecule has 0 spiro atoms. The van der Waals surface area contributed by atoms with Crippen molar-refractivity contribution in [2.75, 3.05) is 5.73 Å². The number of anilines is 1. The van der Waals surface area contributed by atoms with E-state index in [9.17, 15) is 0 Å². The Hall–Kier alpha value is -2.28. The summed E-state index contributed by atoms with van der Waals surface area (Å²) in [6.07, 6.45) is 7.44. The maximum Gasteiger partial charge on any atom is 0.101 e. The molecule has 0 aliphatic carbocycles. The van der Waals surface area contributed by atoms with E-state index >= 15 is 0 Å². The first-order valence-electron chi connectivity index (χ1n) is 6.57. The van der Waals surface area contributed by atoms with Crippen molar-refractivity contribution in [3.63, 3.8) is 0 Å². The predicted octanol–water partition coefficient (Wildman–Crippen LogP) is 3.19. The molecule has 0 saturated carbocycles. The van der Waals surface area contributed by atoms with Crippen LogP contribution in [0.3, 0.4) is 0 Å². The van der Waals surface area contributed by atoms with E-state index < -0.39 is 0 Å². The van der Waals surface area contributed by atoms with Crippen LogP contribution in [0, 0.1) is 11.3 Å². The van der Waals surface area contributed by atoms with E-state index in [4.69, 9.17) is 11.0 Å². The van der Waals surface area contributed by atoms with E-state index in [0.717, 1.165) is 24.1 Å². The summed E-state index contributed by atoms with van der Waals surface area (Å²) in [4.78, 5) is 0. The highest BCUT2D eigenvalue weighted by Gasteiger charge is 2.05. The second-order valence-corrected chi connectivity index (χ2v) is 4.61. The average Bonchev–Trinajstić information content (AvgIpc) is 2.88. The molecule has 0 bridgehead atoms. The Labute approximate surface area is 113 Å². The van der Waals surface area contributed by atoms with Gasteiger partial charge in [-0.1, -0.05) is 25.8 Å². The molecule has 2 aromatic rings. The summed E-state index contributed by atoms with van der Waals surface area (Å²) in [5, 5.41) is 13.2. The quantitative estimate of drug-likeness (QED) is 0.658. The Bertz CT molecular complexity index is 592. The van der Waals surface area contributed by atoms with Gasteiger partial charge in [0.2, 0.25) is 0 Å². The maximum absolute atomic E-state index is 8.86. The largest absolute Gasteiger partial charge is 0.398 e. The second kappa shape index (κ2) is 6.05. The summed E-state index contributed by atoms with van der Waals surface area (Å²) in [6.45, 7) is 3.13. The van der Waals surface area contributed by atoms with Crippen molar-refractivity contribution >= 4 is 5.69 Å². The van der Waals surface area contributed by atoms with Gasteiger partial charge in [-0.3, -0.25) is 4.68 Å². The van der Waals surface area contributed by atoms with Gasteiger partial charge in [-0.15, -0.1) is 0 Å². The fourth-order valence-electron chi connectivity index (χ4n) is 2.00. The van der Waals surface area contributed by atoms with Gasteiger partial charge in [0.1, 0.15) is 6.07 Å². The summed E-state index contributed by atoms with van der Waals surface area (Å²) < 4.78 is 1.96. The van der Waals surface area contributed by atoms with E-state index in [0.29, 0.717) is 11.3 Å². The first kappa shape index (κ1) is 13.2. The molecular formula is C15H18N4. The van der Waals surface area contributed by atoms with Crippen LogP contribution in [0.15, 0.2) is 30.6 Å². The zero-order valence-electron chi connectivity index (χ0n) is 11.1. The predicted molar refractivity (Wildman–Crippen MR) is 76.3 cm³/mol. The molecule has 1 aromatic heterocycles. The molecule has 0 saturated heterocycles. The van der Waals surface area contributed by atoms with Crippen LogP contribution in [-0.4, -0.2) is 9.78 Å². The topological polar surface area (TPSA) is 67.6 Å². The second-order valence-electron chi connectivity index (χ2n) is 4.61. The van der Waals surface area contributed by atoms with Crippen LogP contribution in [-0.2, 0) is 6.54 Å². The molecule has 2 rings (SSSR count). The zero-order valence-corrected chi connectivity index (χ0v) is 11.1. The lowest BCUT2D eigenvalue weighted by atomic mass is 10.1. The lowest BCUT2D eigenvalue weighted by Gasteiger charge is -2.01. The number of nitrogens with two attached hydrogens (primary N) is 1. The minimum atomic E-state index is 0.513. The van der Waals surface area contributed by atoms with E-state index in [1.807, 2.05) is 29.2 Å². The maximum atomic E-state index is 8.86. The Morgan fingerprint density at radius 2 is 2.16 bits per heavy atom. The first-order valence-corrected chi connectivity index (χ1v) is 6.57. The van der Waals surface area contributed by atoms with E-state index in [1.165, 1.54) is 12.8 Å². The first-order chi connectivity index (χ1) is 9.24. The van der Waals surface area contributed by atoms with Gasteiger partial charge in [0.05, 0.1) is 17.4 Å². The van der Waals surface area contributed by atoms with Crippen LogP contribution in [0.5, 0.6) is 0 Å². The van der Waals surface area contributed by atoms with Gasteiger partial charge in [0.15, 0.2) is 0 Å². The fraction of sp³-hybridized carbons (Fsp3) is 0.333. The zero-order chi connectivity index (χ0) is 13.7. The molecule has 1 heterocycles. The van der Waals surface area contributed by atoms with Crippen molar-refractivity contribution in [3.8, 4) is 17.2 Å². The minimum Gasteiger partial charge on any atom is -0.398 e. The number of unbranched alkanes of at least 4 members (excludes halogenated alkanes) is 2. The SMILES string of the molecule is CCCCCn1cc(-c2ccc(C#N)c(N)c2)cn1. The van der Waals surface area contributed by atoms with E-state index in [1.54, 1.807) is 6.07 Å². The normalized spacial score (nSPS) is 10.3. The van der Waals surface area contributed by atoms with Gasteiger partial charge in [0, 0.05) is 18.3 Å². The van der Waals surface area contributed by atoms with Crippen molar-refractivity contribution in [1.29, 1.82) is 5.26 Å². The van der Waals surface area contributed by atoms with Gasteiger partial charge in [-0.2, -0.15) is 10.4 Å². The summed E-state index contributed by atoms with van der Waals surface area (Å²) in [6, 6.07) is 7.55. The number of benzene rings is 1. The fourth-order valence-corrected chi connectivity index (χ4v) is 2.00. The molecule has 0 atom stereocenters. The third kappa shape index (κ3) is 3.14. The van der Waals surface area contributed by atoms with Crippen LogP contribution >= 0.6 is 0 Å². The van der Waals surface area contributed by atoms with Crippen molar-refractivity contribution < 1.29 is 0 Å². The molecule has 0 radical (unpaired) electrons. The Morgan fingerprint density at radius 3 is 2.84 bits per heavy atom. The number of nitrogen functional groups attached to an aromatic ring is 1. The van der Waals surface area contributed by atoms with Crippen molar-refractivity contribution in [1.82, 2.24) is 9.78 Å². The number of hydrogen-bond acceptors (Lipinski definition) is 3. The number of rotatable bonds is 5. The van der Waals surface area contributed by atoms with Gasteiger partial charge in [-0.05, 0) is 24.1 Å². The third-order valence-corrected chi connectivity index (χ3v) is 3.13.